The van der Waals surface area contributed by atoms with Crippen LogP contribution in [0.2, 0.25) is 0 Å². The van der Waals surface area contributed by atoms with E-state index < -0.39 is 0 Å². The van der Waals surface area contributed by atoms with Crippen molar-refractivity contribution in [2.24, 2.45) is 0 Å². The van der Waals surface area contributed by atoms with Crippen molar-refractivity contribution in [1.29, 1.82) is 0 Å². The Morgan fingerprint density at radius 1 is 0.633 bits per heavy atom. The van der Waals surface area contributed by atoms with Gasteiger partial charge in [0.1, 0.15) is 11.6 Å². The van der Waals surface area contributed by atoms with Gasteiger partial charge < -0.3 is 5.11 Å². The summed E-state index contributed by atoms with van der Waals surface area (Å²) >= 11 is 0. The molecule has 0 bridgehead atoms. The summed E-state index contributed by atoms with van der Waals surface area (Å²) in [6.07, 6.45) is 1.85. The number of aromatic nitrogens is 2. The smallest absolute Gasteiger partial charge is 0.137 e. The average molecular weight is 640 g/mol. The first-order valence-corrected chi connectivity index (χ1v) is 16.8. The van der Waals surface area contributed by atoms with Crippen LogP contribution in [0.3, 0.4) is 0 Å². The maximum atomic E-state index is 11.0. The number of rotatable bonds is 6. The molecule has 0 fully saturated rings. The van der Waals surface area contributed by atoms with Crippen molar-refractivity contribution < 1.29 is 5.11 Å². The second-order valence-corrected chi connectivity index (χ2v) is 14.0. The zero-order chi connectivity index (χ0) is 34.3. The second kappa shape index (κ2) is 12.7. The Hall–Kier alpha value is -5.74. The number of pyridine rings is 2. The van der Waals surface area contributed by atoms with E-state index in [9.17, 15) is 5.11 Å². The molecule has 2 aromatic heterocycles. The van der Waals surface area contributed by atoms with E-state index in [0.717, 1.165) is 45.1 Å². The molecule has 0 aliphatic heterocycles. The van der Waals surface area contributed by atoms with Crippen LogP contribution in [0.15, 0.2) is 134 Å². The molecule has 242 valence electrons. The molecule has 0 unspecified atom stereocenters. The molecule has 0 spiro atoms. The summed E-state index contributed by atoms with van der Waals surface area (Å²) in [7, 11) is 0. The standard InChI is InChI=1S/C45H41N3O/c1-29-22-30(2)44(31(3)23-29)34-26-39(47-40(27-34)38-17-9-10-19-42(38)49)33-24-35(45(4,5)6)28-36(25-33)48(43-20-11-12-21-46-43)41-18-13-15-32-14-7-8-16-37(32)41/h7-28,49H,1-6H3. The number of hydrogen-bond acceptors (Lipinski definition) is 4. The van der Waals surface area contributed by atoms with Crippen molar-refractivity contribution in [3.8, 4) is 39.4 Å². The summed E-state index contributed by atoms with van der Waals surface area (Å²) in [6.45, 7) is 13.2. The van der Waals surface area contributed by atoms with Crippen LogP contribution in [-0.2, 0) is 5.41 Å². The van der Waals surface area contributed by atoms with Crippen molar-refractivity contribution in [2.45, 2.75) is 47.0 Å². The maximum absolute atomic E-state index is 11.0. The van der Waals surface area contributed by atoms with Gasteiger partial charge in [-0.1, -0.05) is 93.1 Å². The molecule has 0 atom stereocenters. The Morgan fingerprint density at radius 2 is 1.33 bits per heavy atom. The van der Waals surface area contributed by atoms with Gasteiger partial charge >= 0.3 is 0 Å². The molecular formula is C45H41N3O. The summed E-state index contributed by atoms with van der Waals surface area (Å²) in [5.41, 5.74) is 12.2. The van der Waals surface area contributed by atoms with Crippen molar-refractivity contribution in [2.75, 3.05) is 4.90 Å². The number of para-hydroxylation sites is 1. The fourth-order valence-electron chi connectivity index (χ4n) is 6.89. The average Bonchev–Trinajstić information content (AvgIpc) is 3.08. The predicted molar refractivity (Wildman–Crippen MR) is 205 cm³/mol. The third-order valence-corrected chi connectivity index (χ3v) is 9.19. The van der Waals surface area contributed by atoms with Crippen LogP contribution in [0.5, 0.6) is 5.75 Å². The molecule has 1 N–H and O–H groups in total. The van der Waals surface area contributed by atoms with Gasteiger partial charge in [-0.3, -0.25) is 4.90 Å². The third-order valence-electron chi connectivity index (χ3n) is 9.19. The summed E-state index contributed by atoms with van der Waals surface area (Å²) < 4.78 is 0. The van der Waals surface area contributed by atoms with Gasteiger partial charge in [-0.25, -0.2) is 9.97 Å². The summed E-state index contributed by atoms with van der Waals surface area (Å²) in [6, 6.07) is 43.9. The lowest BCUT2D eigenvalue weighted by molar-refractivity contribution is 0.477. The van der Waals surface area contributed by atoms with E-state index in [-0.39, 0.29) is 11.2 Å². The molecule has 7 rings (SSSR count). The van der Waals surface area contributed by atoms with Gasteiger partial charge in [-0.15, -0.1) is 0 Å². The minimum Gasteiger partial charge on any atom is -0.507 e. The van der Waals surface area contributed by atoms with Crippen LogP contribution in [-0.4, -0.2) is 15.1 Å². The van der Waals surface area contributed by atoms with Crippen LogP contribution in [0.25, 0.3) is 44.4 Å². The molecule has 0 aliphatic carbocycles. The Morgan fingerprint density at radius 3 is 2.06 bits per heavy atom. The van der Waals surface area contributed by atoms with Crippen molar-refractivity contribution in [1.82, 2.24) is 9.97 Å². The van der Waals surface area contributed by atoms with E-state index in [1.54, 1.807) is 6.07 Å². The number of aryl methyl sites for hydroxylation is 3. The summed E-state index contributed by atoms with van der Waals surface area (Å²) in [4.78, 5) is 12.4. The van der Waals surface area contributed by atoms with Crippen LogP contribution < -0.4 is 4.90 Å². The molecule has 2 heterocycles. The number of anilines is 3. The van der Waals surface area contributed by atoms with Crippen molar-refractivity contribution >= 4 is 28.0 Å². The van der Waals surface area contributed by atoms with Gasteiger partial charge in [-0.05, 0) is 120 Å². The highest BCUT2D eigenvalue weighted by Gasteiger charge is 2.23. The van der Waals surface area contributed by atoms with Gasteiger partial charge in [0.25, 0.3) is 0 Å². The van der Waals surface area contributed by atoms with E-state index in [4.69, 9.17) is 9.97 Å². The van der Waals surface area contributed by atoms with Crippen molar-refractivity contribution in [3.63, 3.8) is 0 Å². The first-order chi connectivity index (χ1) is 23.6. The molecule has 0 saturated heterocycles. The number of benzene rings is 5. The lowest BCUT2D eigenvalue weighted by atomic mass is 9.85. The van der Waals surface area contributed by atoms with Gasteiger partial charge in [0.2, 0.25) is 0 Å². The van der Waals surface area contributed by atoms with E-state index in [0.29, 0.717) is 5.56 Å². The fraction of sp³-hybridized carbons (Fsp3) is 0.156. The second-order valence-electron chi connectivity index (χ2n) is 14.0. The first kappa shape index (κ1) is 31.8. The fourth-order valence-corrected chi connectivity index (χ4v) is 6.89. The molecule has 0 radical (unpaired) electrons. The Kier molecular flexibility index (Phi) is 8.25. The number of nitrogens with zero attached hydrogens (tertiary/aromatic N) is 3. The van der Waals surface area contributed by atoms with Gasteiger partial charge in [0, 0.05) is 28.4 Å². The molecule has 0 aliphatic rings. The predicted octanol–water partition coefficient (Wildman–Crippen LogP) is 12.0. The maximum Gasteiger partial charge on any atom is 0.137 e. The van der Waals surface area contributed by atoms with Crippen LogP contribution >= 0.6 is 0 Å². The van der Waals surface area contributed by atoms with Gasteiger partial charge in [0.05, 0.1) is 17.1 Å². The quantitative estimate of drug-likeness (QED) is 0.197. The highest BCUT2D eigenvalue weighted by Crippen LogP contribution is 2.43. The molecule has 4 heteroatoms. The molecule has 0 saturated carbocycles. The van der Waals surface area contributed by atoms with Crippen LogP contribution in [0.4, 0.5) is 17.2 Å². The number of phenolic OH excluding ortho intramolecular Hbond substituents is 1. The minimum absolute atomic E-state index is 0.151. The molecule has 4 nitrogen and oxygen atoms in total. The monoisotopic (exact) mass is 639 g/mol. The van der Waals surface area contributed by atoms with Crippen molar-refractivity contribution in [3.05, 3.63) is 156 Å². The molecular weight excluding hydrogens is 599 g/mol. The zero-order valence-electron chi connectivity index (χ0n) is 29.0. The number of hydrogen-bond donors (Lipinski definition) is 1. The minimum atomic E-state index is -0.151. The number of phenols is 1. The SMILES string of the molecule is Cc1cc(C)c(-c2cc(-c3cc(N(c4ccccn4)c4cccc5ccccc45)cc(C(C)(C)C)c3)nc(-c3ccccc3O)c2)c(C)c1. The molecule has 7 aromatic rings. The Bertz CT molecular complexity index is 2290. The van der Waals surface area contributed by atoms with E-state index in [2.05, 4.69) is 137 Å². The number of fused-ring (bicyclic) bond motifs is 1. The number of aromatic hydroxyl groups is 1. The Labute approximate surface area is 289 Å². The van der Waals surface area contributed by atoms with Gasteiger partial charge in [-0.2, -0.15) is 0 Å². The zero-order valence-corrected chi connectivity index (χ0v) is 29.0. The lowest BCUT2D eigenvalue weighted by Gasteiger charge is -2.29. The van der Waals surface area contributed by atoms with E-state index in [1.165, 1.54) is 33.2 Å². The van der Waals surface area contributed by atoms with E-state index >= 15 is 0 Å². The van der Waals surface area contributed by atoms with Crippen LogP contribution in [0.1, 0.15) is 43.0 Å². The summed E-state index contributed by atoms with van der Waals surface area (Å²) in [5.74, 6) is 1.04. The van der Waals surface area contributed by atoms with E-state index in [1.807, 2.05) is 36.5 Å². The highest BCUT2D eigenvalue weighted by atomic mass is 16.3. The first-order valence-electron chi connectivity index (χ1n) is 16.8. The Balaban J connectivity index is 1.52. The molecule has 0 amide bonds. The third kappa shape index (κ3) is 6.30. The summed E-state index contributed by atoms with van der Waals surface area (Å²) in [5, 5.41) is 13.3. The highest BCUT2D eigenvalue weighted by molar-refractivity contribution is 5.99. The molecule has 49 heavy (non-hydrogen) atoms. The largest absolute Gasteiger partial charge is 0.507 e. The molecule has 5 aromatic carbocycles. The van der Waals surface area contributed by atoms with Crippen LogP contribution in [0, 0.1) is 20.8 Å². The normalized spacial score (nSPS) is 11.6. The topological polar surface area (TPSA) is 49.2 Å². The van der Waals surface area contributed by atoms with Gasteiger partial charge in [0.15, 0.2) is 0 Å². The lowest BCUT2D eigenvalue weighted by Crippen LogP contribution is -2.16.